The van der Waals surface area contributed by atoms with Crippen molar-refractivity contribution in [1.82, 2.24) is 9.97 Å². The Kier molecular flexibility index (Phi) is 5.81. The van der Waals surface area contributed by atoms with Crippen LogP contribution in [0.3, 0.4) is 0 Å². The minimum absolute atomic E-state index is 0.390. The van der Waals surface area contributed by atoms with Crippen LogP contribution in [0.4, 0.5) is 5.82 Å². The van der Waals surface area contributed by atoms with Gasteiger partial charge in [-0.2, -0.15) is 0 Å². The first-order chi connectivity index (χ1) is 10.1. The number of nitrogens with one attached hydrogen (secondary N) is 1. The summed E-state index contributed by atoms with van der Waals surface area (Å²) in [4.78, 5) is 8.98. The zero-order valence-electron chi connectivity index (χ0n) is 11.6. The molecule has 2 rings (SSSR count). The zero-order valence-corrected chi connectivity index (χ0v) is 14.7. The Labute approximate surface area is 142 Å². The van der Waals surface area contributed by atoms with E-state index in [2.05, 4.69) is 31.2 Å². The van der Waals surface area contributed by atoms with Gasteiger partial charge in [0, 0.05) is 30.6 Å². The summed E-state index contributed by atoms with van der Waals surface area (Å²) >= 11 is 15.9. The summed E-state index contributed by atoms with van der Waals surface area (Å²) in [5, 5.41) is 4.24. The fourth-order valence-corrected chi connectivity index (χ4v) is 2.90. The highest BCUT2D eigenvalue weighted by molar-refractivity contribution is 9.10. The van der Waals surface area contributed by atoms with Crippen LogP contribution in [0.15, 0.2) is 22.7 Å². The van der Waals surface area contributed by atoms with Gasteiger partial charge in [-0.15, -0.1) is 0 Å². The van der Waals surface area contributed by atoms with E-state index in [0.717, 1.165) is 15.7 Å². The van der Waals surface area contributed by atoms with Gasteiger partial charge in [0.1, 0.15) is 11.6 Å². The highest BCUT2D eigenvalue weighted by Gasteiger charge is 2.14. The molecule has 1 aromatic carbocycles. The number of methoxy groups -OCH3 is 1. The minimum atomic E-state index is 0.390. The van der Waals surface area contributed by atoms with Crippen molar-refractivity contribution in [2.24, 2.45) is 0 Å². The average molecular weight is 391 g/mol. The first kappa shape index (κ1) is 16.5. The highest BCUT2D eigenvalue weighted by atomic mass is 79.9. The van der Waals surface area contributed by atoms with Gasteiger partial charge in [0.15, 0.2) is 0 Å². The van der Waals surface area contributed by atoms with E-state index in [4.69, 9.17) is 27.9 Å². The molecular formula is C14H14BrCl2N3O. The number of benzene rings is 1. The van der Waals surface area contributed by atoms with Crippen LogP contribution in [0, 0.1) is 0 Å². The van der Waals surface area contributed by atoms with Crippen molar-refractivity contribution in [3.8, 4) is 0 Å². The molecule has 2 aromatic rings. The zero-order chi connectivity index (χ0) is 15.4. The van der Waals surface area contributed by atoms with E-state index in [1.54, 1.807) is 26.3 Å². The molecule has 1 N–H and O–H groups in total. The Morgan fingerprint density at radius 3 is 2.48 bits per heavy atom. The summed E-state index contributed by atoms with van der Waals surface area (Å²) in [6, 6.07) is 5.42. The first-order valence-electron chi connectivity index (χ1n) is 6.21. The third-order valence-corrected chi connectivity index (χ3v) is 4.42. The Morgan fingerprint density at radius 1 is 1.24 bits per heavy atom. The lowest BCUT2D eigenvalue weighted by molar-refractivity contribution is 0.180. The van der Waals surface area contributed by atoms with Crippen LogP contribution in [0.25, 0.3) is 0 Å². The molecule has 7 heteroatoms. The molecule has 21 heavy (non-hydrogen) atoms. The lowest BCUT2D eigenvalue weighted by atomic mass is 10.1. The molecule has 0 spiro atoms. The normalized spacial score (nSPS) is 10.7. The standard InChI is InChI=1S/C14H14BrCl2N3O/c1-18-14-13(15)11(7-21-2)19-12(20-14)6-8-9(16)4-3-5-10(8)17/h3-5H,6-7H2,1-2H3,(H,18,19,20). The van der Waals surface area contributed by atoms with Gasteiger partial charge in [0.2, 0.25) is 0 Å². The molecule has 0 bridgehead atoms. The van der Waals surface area contributed by atoms with Crippen LogP contribution < -0.4 is 5.32 Å². The molecule has 4 nitrogen and oxygen atoms in total. The van der Waals surface area contributed by atoms with Gasteiger partial charge >= 0.3 is 0 Å². The number of aromatic nitrogens is 2. The van der Waals surface area contributed by atoms with Crippen molar-refractivity contribution < 1.29 is 4.74 Å². The Bertz CT molecular complexity index is 632. The van der Waals surface area contributed by atoms with Crippen LogP contribution >= 0.6 is 39.1 Å². The van der Waals surface area contributed by atoms with Crippen LogP contribution in [0.2, 0.25) is 10.0 Å². The molecule has 0 fully saturated rings. The lowest BCUT2D eigenvalue weighted by Crippen LogP contribution is -2.07. The Hall–Kier alpha value is -0.880. The van der Waals surface area contributed by atoms with Crippen molar-refractivity contribution in [2.45, 2.75) is 13.0 Å². The second-order valence-corrected chi connectivity index (χ2v) is 5.92. The summed E-state index contributed by atoms with van der Waals surface area (Å²) in [5.41, 5.74) is 1.59. The van der Waals surface area contributed by atoms with Crippen LogP contribution in [0.5, 0.6) is 0 Å². The van der Waals surface area contributed by atoms with Crippen molar-refractivity contribution in [3.63, 3.8) is 0 Å². The van der Waals surface area contributed by atoms with E-state index in [9.17, 15) is 0 Å². The summed E-state index contributed by atoms with van der Waals surface area (Å²) < 4.78 is 5.95. The molecule has 0 radical (unpaired) electrons. The molecular weight excluding hydrogens is 377 g/mol. The summed E-state index contributed by atoms with van der Waals surface area (Å²) in [6.07, 6.45) is 0.456. The maximum Gasteiger partial charge on any atom is 0.144 e. The summed E-state index contributed by atoms with van der Waals surface area (Å²) in [5.74, 6) is 1.33. The number of ether oxygens (including phenoxy) is 1. The van der Waals surface area contributed by atoms with E-state index in [-0.39, 0.29) is 0 Å². The predicted octanol–water partition coefficient (Wildman–Crippen LogP) is 4.32. The summed E-state index contributed by atoms with van der Waals surface area (Å²) in [7, 11) is 3.42. The van der Waals surface area contributed by atoms with Gasteiger partial charge in [-0.05, 0) is 33.6 Å². The van der Waals surface area contributed by atoms with Crippen LogP contribution in [-0.2, 0) is 17.8 Å². The third kappa shape index (κ3) is 3.86. The minimum Gasteiger partial charge on any atom is -0.378 e. The molecule has 0 atom stereocenters. The van der Waals surface area contributed by atoms with E-state index in [1.807, 2.05) is 6.07 Å². The molecule has 0 aliphatic rings. The molecule has 112 valence electrons. The second kappa shape index (κ2) is 7.40. The van der Waals surface area contributed by atoms with Crippen molar-refractivity contribution in [2.75, 3.05) is 19.5 Å². The molecule has 0 aliphatic carbocycles. The lowest BCUT2D eigenvalue weighted by Gasteiger charge is -2.12. The summed E-state index contributed by atoms with van der Waals surface area (Å²) in [6.45, 7) is 0.390. The maximum absolute atomic E-state index is 6.20. The van der Waals surface area contributed by atoms with Crippen molar-refractivity contribution >= 4 is 44.9 Å². The SMILES string of the molecule is CNc1nc(Cc2c(Cl)cccc2Cl)nc(COC)c1Br. The average Bonchev–Trinajstić information content (AvgIpc) is 2.46. The van der Waals surface area contributed by atoms with E-state index in [1.165, 1.54) is 0 Å². The van der Waals surface area contributed by atoms with Crippen molar-refractivity contribution in [1.29, 1.82) is 0 Å². The van der Waals surface area contributed by atoms with Gasteiger partial charge < -0.3 is 10.1 Å². The topological polar surface area (TPSA) is 47.0 Å². The Morgan fingerprint density at radius 2 is 1.90 bits per heavy atom. The monoisotopic (exact) mass is 389 g/mol. The maximum atomic E-state index is 6.20. The molecule has 0 amide bonds. The number of halogens is 3. The number of nitrogens with zero attached hydrogens (tertiary/aromatic N) is 2. The fraction of sp³-hybridized carbons (Fsp3) is 0.286. The molecule has 0 saturated carbocycles. The number of hydrogen-bond donors (Lipinski definition) is 1. The van der Waals surface area contributed by atoms with Gasteiger partial charge in [-0.1, -0.05) is 29.3 Å². The number of anilines is 1. The molecule has 1 aromatic heterocycles. The third-order valence-electron chi connectivity index (χ3n) is 2.88. The first-order valence-corrected chi connectivity index (χ1v) is 7.76. The number of rotatable bonds is 5. The van der Waals surface area contributed by atoms with Crippen molar-refractivity contribution in [3.05, 3.63) is 49.8 Å². The van der Waals surface area contributed by atoms with E-state index < -0.39 is 0 Å². The van der Waals surface area contributed by atoms with Gasteiger partial charge in [-0.3, -0.25) is 0 Å². The smallest absolute Gasteiger partial charge is 0.144 e. The van der Waals surface area contributed by atoms with Gasteiger partial charge in [0.25, 0.3) is 0 Å². The Balaban J connectivity index is 2.42. The fourth-order valence-electron chi connectivity index (χ4n) is 1.88. The van der Waals surface area contributed by atoms with E-state index >= 15 is 0 Å². The molecule has 0 unspecified atom stereocenters. The molecule has 0 aliphatic heterocycles. The number of hydrogen-bond acceptors (Lipinski definition) is 4. The molecule has 0 saturated heterocycles. The molecule has 1 heterocycles. The highest BCUT2D eigenvalue weighted by Crippen LogP contribution is 2.28. The van der Waals surface area contributed by atoms with Gasteiger partial charge in [-0.25, -0.2) is 9.97 Å². The largest absolute Gasteiger partial charge is 0.378 e. The van der Waals surface area contributed by atoms with E-state index in [0.29, 0.717) is 34.7 Å². The predicted molar refractivity (Wildman–Crippen MR) is 89.3 cm³/mol. The second-order valence-electron chi connectivity index (χ2n) is 4.31. The van der Waals surface area contributed by atoms with Crippen LogP contribution in [-0.4, -0.2) is 24.1 Å². The quantitative estimate of drug-likeness (QED) is 0.825. The van der Waals surface area contributed by atoms with Gasteiger partial charge in [0.05, 0.1) is 16.8 Å². The van der Waals surface area contributed by atoms with Crippen LogP contribution in [0.1, 0.15) is 17.1 Å².